The minimum absolute atomic E-state index is 0.196. The molecule has 0 amide bonds. The minimum atomic E-state index is 0.196. The molecule has 5 heteroatoms. The highest BCUT2D eigenvalue weighted by atomic mass is 32.1. The van der Waals surface area contributed by atoms with Gasteiger partial charge >= 0.3 is 0 Å². The summed E-state index contributed by atoms with van der Waals surface area (Å²) >= 11 is 1.51. The molecule has 1 fully saturated rings. The normalized spacial score (nSPS) is 23.1. The smallest absolute Gasteiger partial charge is 0.205 e. The van der Waals surface area contributed by atoms with Gasteiger partial charge < -0.3 is 10.6 Å². The summed E-state index contributed by atoms with van der Waals surface area (Å²) in [5.41, 5.74) is 6.08. The Kier molecular flexibility index (Phi) is 3.99. The van der Waals surface area contributed by atoms with E-state index in [-0.39, 0.29) is 6.04 Å². The van der Waals surface area contributed by atoms with E-state index in [9.17, 15) is 0 Å². The first-order chi connectivity index (χ1) is 8.09. The number of rotatable bonds is 3. The molecule has 1 aliphatic rings. The third-order valence-corrected chi connectivity index (χ3v) is 4.12. The molecule has 2 atom stereocenters. The quantitative estimate of drug-likeness (QED) is 0.899. The predicted octanol–water partition coefficient (Wildman–Crippen LogP) is 2.37. The van der Waals surface area contributed by atoms with Crippen LogP contribution >= 0.6 is 11.5 Å². The lowest BCUT2D eigenvalue weighted by atomic mass is 9.98. The van der Waals surface area contributed by atoms with Crippen molar-refractivity contribution in [2.75, 3.05) is 11.4 Å². The molecule has 2 unspecified atom stereocenters. The summed E-state index contributed by atoms with van der Waals surface area (Å²) in [6.45, 7) is 7.42. The number of anilines is 1. The van der Waals surface area contributed by atoms with Gasteiger partial charge in [0.05, 0.1) is 0 Å². The Morgan fingerprint density at radius 2 is 2.12 bits per heavy atom. The first-order valence-corrected chi connectivity index (χ1v) is 7.22. The van der Waals surface area contributed by atoms with Crippen molar-refractivity contribution in [1.29, 1.82) is 0 Å². The van der Waals surface area contributed by atoms with Crippen molar-refractivity contribution in [1.82, 2.24) is 9.36 Å². The molecule has 1 aliphatic heterocycles. The third-order valence-electron chi connectivity index (χ3n) is 3.35. The number of nitrogens with zero attached hydrogens (tertiary/aromatic N) is 3. The SMILES string of the molecule is CC(C)c1nsc(N2CCCCC2C(C)N)n1. The van der Waals surface area contributed by atoms with Crippen LogP contribution in [0.5, 0.6) is 0 Å². The molecule has 17 heavy (non-hydrogen) atoms. The Bertz CT molecular complexity index is 361. The molecule has 4 nitrogen and oxygen atoms in total. The van der Waals surface area contributed by atoms with Gasteiger partial charge in [0.2, 0.25) is 5.13 Å². The summed E-state index contributed by atoms with van der Waals surface area (Å²) in [6.07, 6.45) is 3.69. The Balaban J connectivity index is 2.17. The van der Waals surface area contributed by atoms with Crippen molar-refractivity contribution >= 4 is 16.7 Å². The van der Waals surface area contributed by atoms with Gasteiger partial charge in [-0.1, -0.05) is 13.8 Å². The fraction of sp³-hybridized carbons (Fsp3) is 0.833. The molecule has 1 saturated heterocycles. The largest absolute Gasteiger partial charge is 0.342 e. The van der Waals surface area contributed by atoms with Crippen LogP contribution in [0.3, 0.4) is 0 Å². The summed E-state index contributed by atoms with van der Waals surface area (Å²) in [7, 11) is 0. The van der Waals surface area contributed by atoms with Gasteiger partial charge in [0.1, 0.15) is 5.82 Å². The second-order valence-electron chi connectivity index (χ2n) is 5.21. The molecule has 1 aromatic rings. The van der Waals surface area contributed by atoms with Crippen molar-refractivity contribution in [2.24, 2.45) is 5.73 Å². The highest BCUT2D eigenvalue weighted by Crippen LogP contribution is 2.28. The maximum atomic E-state index is 6.08. The molecular weight excluding hydrogens is 232 g/mol. The molecule has 0 spiro atoms. The highest BCUT2D eigenvalue weighted by molar-refractivity contribution is 7.09. The van der Waals surface area contributed by atoms with Crippen molar-refractivity contribution in [3.05, 3.63) is 5.82 Å². The molecule has 2 heterocycles. The minimum Gasteiger partial charge on any atom is -0.342 e. The van der Waals surface area contributed by atoms with Crippen LogP contribution in [0.4, 0.5) is 5.13 Å². The van der Waals surface area contributed by atoms with Gasteiger partial charge in [-0.3, -0.25) is 0 Å². The van der Waals surface area contributed by atoms with Crippen LogP contribution in [0.2, 0.25) is 0 Å². The summed E-state index contributed by atoms with van der Waals surface area (Å²) in [5, 5.41) is 1.05. The van der Waals surface area contributed by atoms with Crippen molar-refractivity contribution in [3.8, 4) is 0 Å². The second kappa shape index (κ2) is 5.31. The van der Waals surface area contributed by atoms with Crippen LogP contribution in [-0.2, 0) is 0 Å². The van der Waals surface area contributed by atoms with Gasteiger partial charge in [-0.15, -0.1) is 0 Å². The average molecular weight is 254 g/mol. The Morgan fingerprint density at radius 3 is 2.71 bits per heavy atom. The lowest BCUT2D eigenvalue weighted by Crippen LogP contribution is -2.49. The Morgan fingerprint density at radius 1 is 1.35 bits per heavy atom. The molecule has 0 bridgehead atoms. The second-order valence-corrected chi connectivity index (χ2v) is 5.94. The van der Waals surface area contributed by atoms with Gasteiger partial charge in [0.15, 0.2) is 0 Å². The molecule has 0 aliphatic carbocycles. The van der Waals surface area contributed by atoms with E-state index in [1.165, 1.54) is 30.8 Å². The van der Waals surface area contributed by atoms with Gasteiger partial charge in [0, 0.05) is 36.1 Å². The van der Waals surface area contributed by atoms with Gasteiger partial charge in [-0.05, 0) is 26.2 Å². The molecular formula is C12H22N4S. The summed E-state index contributed by atoms with van der Waals surface area (Å²) < 4.78 is 4.43. The lowest BCUT2D eigenvalue weighted by Gasteiger charge is -2.37. The number of piperidine rings is 1. The molecule has 0 radical (unpaired) electrons. The fourth-order valence-electron chi connectivity index (χ4n) is 2.32. The Hall–Kier alpha value is -0.680. The van der Waals surface area contributed by atoms with E-state index in [2.05, 4.69) is 35.0 Å². The van der Waals surface area contributed by atoms with E-state index < -0.39 is 0 Å². The first kappa shape index (κ1) is 12.8. The summed E-state index contributed by atoms with van der Waals surface area (Å²) in [5.74, 6) is 1.36. The van der Waals surface area contributed by atoms with Gasteiger partial charge in [-0.2, -0.15) is 4.37 Å². The summed E-state index contributed by atoms with van der Waals surface area (Å²) in [6, 6.07) is 0.624. The van der Waals surface area contributed by atoms with Crippen LogP contribution in [0.1, 0.15) is 51.8 Å². The molecule has 0 aromatic carbocycles. The molecule has 0 saturated carbocycles. The van der Waals surface area contributed by atoms with E-state index in [0.717, 1.165) is 17.5 Å². The van der Waals surface area contributed by atoms with Gasteiger partial charge in [0.25, 0.3) is 0 Å². The zero-order valence-electron chi connectivity index (χ0n) is 10.9. The van der Waals surface area contributed by atoms with Crippen molar-refractivity contribution in [3.63, 3.8) is 0 Å². The van der Waals surface area contributed by atoms with Crippen LogP contribution in [0.25, 0.3) is 0 Å². The number of hydrogen-bond acceptors (Lipinski definition) is 5. The molecule has 2 rings (SSSR count). The lowest BCUT2D eigenvalue weighted by molar-refractivity contribution is 0.413. The maximum absolute atomic E-state index is 6.08. The van der Waals surface area contributed by atoms with E-state index in [0.29, 0.717) is 12.0 Å². The van der Waals surface area contributed by atoms with E-state index in [1.807, 2.05) is 0 Å². The number of hydrogen-bond donors (Lipinski definition) is 1. The van der Waals surface area contributed by atoms with Crippen LogP contribution in [0, 0.1) is 0 Å². The van der Waals surface area contributed by atoms with E-state index in [4.69, 9.17) is 5.73 Å². The molecule has 2 N–H and O–H groups in total. The van der Waals surface area contributed by atoms with E-state index >= 15 is 0 Å². The van der Waals surface area contributed by atoms with Crippen molar-refractivity contribution in [2.45, 2.75) is 58.0 Å². The molecule has 96 valence electrons. The monoisotopic (exact) mass is 254 g/mol. The van der Waals surface area contributed by atoms with Gasteiger partial charge in [-0.25, -0.2) is 4.98 Å². The first-order valence-electron chi connectivity index (χ1n) is 6.45. The van der Waals surface area contributed by atoms with Crippen LogP contribution < -0.4 is 10.6 Å². The Labute approximate surface area is 107 Å². The van der Waals surface area contributed by atoms with Crippen LogP contribution in [0.15, 0.2) is 0 Å². The number of aromatic nitrogens is 2. The zero-order chi connectivity index (χ0) is 12.4. The van der Waals surface area contributed by atoms with Crippen LogP contribution in [-0.4, -0.2) is 28.0 Å². The zero-order valence-corrected chi connectivity index (χ0v) is 11.7. The highest BCUT2D eigenvalue weighted by Gasteiger charge is 2.28. The average Bonchev–Trinajstić information content (AvgIpc) is 2.78. The fourth-order valence-corrected chi connectivity index (χ4v) is 3.21. The third kappa shape index (κ3) is 2.77. The number of nitrogens with two attached hydrogens (primary N) is 1. The van der Waals surface area contributed by atoms with Crippen molar-refractivity contribution < 1.29 is 0 Å². The van der Waals surface area contributed by atoms with E-state index in [1.54, 1.807) is 0 Å². The summed E-state index contributed by atoms with van der Waals surface area (Å²) in [4.78, 5) is 7.00. The molecule has 1 aromatic heterocycles. The predicted molar refractivity (Wildman–Crippen MR) is 72.6 cm³/mol. The topological polar surface area (TPSA) is 55.0 Å². The maximum Gasteiger partial charge on any atom is 0.205 e. The standard InChI is InChI=1S/C12H22N4S/c1-8(2)11-14-12(17-15-11)16-7-5-4-6-10(16)9(3)13/h8-10H,4-7,13H2,1-3H3.